The van der Waals surface area contributed by atoms with E-state index in [0.29, 0.717) is 12.6 Å². The van der Waals surface area contributed by atoms with Crippen molar-refractivity contribution in [3.05, 3.63) is 46.7 Å². The van der Waals surface area contributed by atoms with Crippen LogP contribution >= 0.6 is 11.6 Å². The van der Waals surface area contributed by atoms with Crippen LogP contribution in [-0.4, -0.2) is 9.78 Å². The minimum absolute atomic E-state index is 0.492. The van der Waals surface area contributed by atoms with Crippen molar-refractivity contribution >= 4 is 17.3 Å². The molecule has 4 heteroatoms. The van der Waals surface area contributed by atoms with Crippen molar-refractivity contribution < 1.29 is 0 Å². The first kappa shape index (κ1) is 14.9. The van der Waals surface area contributed by atoms with Crippen molar-refractivity contribution in [2.24, 2.45) is 0 Å². The van der Waals surface area contributed by atoms with Crippen molar-refractivity contribution in [3.63, 3.8) is 0 Å². The van der Waals surface area contributed by atoms with E-state index in [0.717, 1.165) is 29.2 Å². The summed E-state index contributed by atoms with van der Waals surface area (Å²) in [5.74, 6) is 0. The molecule has 0 aliphatic rings. The van der Waals surface area contributed by atoms with Gasteiger partial charge in [-0.3, -0.25) is 4.68 Å². The van der Waals surface area contributed by atoms with E-state index in [9.17, 15) is 0 Å². The predicted molar refractivity (Wildman–Crippen MR) is 85.4 cm³/mol. The molecule has 20 heavy (non-hydrogen) atoms. The summed E-state index contributed by atoms with van der Waals surface area (Å²) < 4.78 is 2.06. The van der Waals surface area contributed by atoms with Crippen LogP contribution in [0.3, 0.4) is 0 Å². The molecule has 108 valence electrons. The average Bonchev–Trinajstić information content (AvgIpc) is 2.90. The standard InChI is InChI=1S/C16H22ClN3/c1-4-14(5-2)20-9-8-13(19-20)11-18-16-10-12(3)6-7-15(16)17/h6-10,14,18H,4-5,11H2,1-3H3. The van der Waals surface area contributed by atoms with Crippen LogP contribution in [0.4, 0.5) is 5.69 Å². The summed E-state index contributed by atoms with van der Waals surface area (Å²) in [6.07, 6.45) is 4.27. The third-order valence-corrected chi connectivity index (χ3v) is 3.89. The van der Waals surface area contributed by atoms with Gasteiger partial charge in [-0.25, -0.2) is 0 Å². The fourth-order valence-electron chi connectivity index (χ4n) is 2.30. The molecule has 1 aromatic heterocycles. The molecular weight excluding hydrogens is 270 g/mol. The summed E-state index contributed by atoms with van der Waals surface area (Å²) in [5, 5.41) is 8.73. The molecule has 0 saturated heterocycles. The first-order valence-corrected chi connectivity index (χ1v) is 7.55. The second-order valence-electron chi connectivity index (χ2n) is 5.09. The van der Waals surface area contributed by atoms with E-state index in [2.05, 4.69) is 54.2 Å². The predicted octanol–water partition coefficient (Wildman–Crippen LogP) is 4.82. The third kappa shape index (κ3) is 3.54. The van der Waals surface area contributed by atoms with Gasteiger partial charge in [0.25, 0.3) is 0 Å². The highest BCUT2D eigenvalue weighted by molar-refractivity contribution is 6.33. The zero-order chi connectivity index (χ0) is 14.5. The molecule has 0 unspecified atom stereocenters. The number of hydrogen-bond acceptors (Lipinski definition) is 2. The minimum atomic E-state index is 0.492. The molecule has 2 rings (SSSR count). The summed E-state index contributed by atoms with van der Waals surface area (Å²) in [6.45, 7) is 7.14. The van der Waals surface area contributed by atoms with Gasteiger partial charge in [0.15, 0.2) is 0 Å². The van der Waals surface area contributed by atoms with Gasteiger partial charge in [-0.1, -0.05) is 31.5 Å². The van der Waals surface area contributed by atoms with Gasteiger partial charge in [0.2, 0.25) is 0 Å². The molecule has 1 N–H and O–H groups in total. The maximum Gasteiger partial charge on any atom is 0.0815 e. The van der Waals surface area contributed by atoms with Gasteiger partial charge in [-0.15, -0.1) is 0 Å². The smallest absolute Gasteiger partial charge is 0.0815 e. The highest BCUT2D eigenvalue weighted by atomic mass is 35.5. The third-order valence-electron chi connectivity index (χ3n) is 3.56. The zero-order valence-corrected chi connectivity index (χ0v) is 13.1. The van der Waals surface area contributed by atoms with Crippen LogP contribution in [0.5, 0.6) is 0 Å². The van der Waals surface area contributed by atoms with Crippen molar-refractivity contribution in [1.82, 2.24) is 9.78 Å². The lowest BCUT2D eigenvalue weighted by atomic mass is 10.2. The van der Waals surface area contributed by atoms with Crippen molar-refractivity contribution in [2.45, 2.75) is 46.2 Å². The number of halogens is 1. The molecule has 0 aliphatic carbocycles. The van der Waals surface area contributed by atoms with Gasteiger partial charge < -0.3 is 5.32 Å². The molecule has 3 nitrogen and oxygen atoms in total. The minimum Gasteiger partial charge on any atom is -0.378 e. The van der Waals surface area contributed by atoms with E-state index in [1.54, 1.807) is 0 Å². The number of nitrogens with one attached hydrogen (secondary N) is 1. The SMILES string of the molecule is CCC(CC)n1ccc(CNc2cc(C)ccc2Cl)n1. The molecule has 0 atom stereocenters. The molecule has 0 bridgehead atoms. The first-order valence-electron chi connectivity index (χ1n) is 7.18. The number of hydrogen-bond donors (Lipinski definition) is 1. The molecule has 0 spiro atoms. The maximum absolute atomic E-state index is 6.17. The normalized spacial score (nSPS) is 11.1. The second kappa shape index (κ2) is 6.80. The Bertz CT molecular complexity index is 559. The van der Waals surface area contributed by atoms with Crippen molar-refractivity contribution in [3.8, 4) is 0 Å². The Morgan fingerprint density at radius 2 is 2.00 bits per heavy atom. The van der Waals surface area contributed by atoms with Crippen molar-refractivity contribution in [1.29, 1.82) is 0 Å². The summed E-state index contributed by atoms with van der Waals surface area (Å²) in [7, 11) is 0. The van der Waals surface area contributed by atoms with Crippen LogP contribution in [0, 0.1) is 6.92 Å². The van der Waals surface area contributed by atoms with Gasteiger partial charge in [-0.05, 0) is 43.5 Å². The average molecular weight is 292 g/mol. The molecule has 0 radical (unpaired) electrons. The van der Waals surface area contributed by atoms with Crippen molar-refractivity contribution in [2.75, 3.05) is 5.32 Å². The largest absolute Gasteiger partial charge is 0.378 e. The molecule has 1 aromatic carbocycles. The van der Waals surface area contributed by atoms with Crippen LogP contribution < -0.4 is 5.32 Å². The topological polar surface area (TPSA) is 29.9 Å². The highest BCUT2D eigenvalue weighted by Crippen LogP contribution is 2.23. The summed E-state index contributed by atoms with van der Waals surface area (Å²) in [5.41, 5.74) is 3.19. The zero-order valence-electron chi connectivity index (χ0n) is 12.4. The molecule has 0 aliphatic heterocycles. The quantitative estimate of drug-likeness (QED) is 0.827. The lowest BCUT2D eigenvalue weighted by Gasteiger charge is -2.12. The molecule has 2 aromatic rings. The lowest BCUT2D eigenvalue weighted by Crippen LogP contribution is -2.09. The fourth-order valence-corrected chi connectivity index (χ4v) is 2.48. The van der Waals surface area contributed by atoms with Gasteiger partial charge in [0.1, 0.15) is 0 Å². The number of aromatic nitrogens is 2. The second-order valence-corrected chi connectivity index (χ2v) is 5.50. The number of rotatable bonds is 6. The molecule has 0 amide bonds. The number of nitrogens with zero attached hydrogens (tertiary/aromatic N) is 2. The Labute approximate surface area is 126 Å². The first-order chi connectivity index (χ1) is 9.63. The number of aryl methyl sites for hydroxylation is 1. The number of anilines is 1. The lowest BCUT2D eigenvalue weighted by molar-refractivity contribution is 0.426. The molecular formula is C16H22ClN3. The van der Waals surface area contributed by atoms with Gasteiger partial charge >= 0.3 is 0 Å². The molecule has 0 fully saturated rings. The highest BCUT2D eigenvalue weighted by Gasteiger charge is 2.08. The monoisotopic (exact) mass is 291 g/mol. The van der Waals surface area contributed by atoms with E-state index in [1.807, 2.05) is 12.1 Å². The van der Waals surface area contributed by atoms with E-state index >= 15 is 0 Å². The number of benzene rings is 1. The van der Waals surface area contributed by atoms with E-state index in [-0.39, 0.29) is 0 Å². The van der Waals surface area contributed by atoms with Gasteiger partial charge in [0, 0.05) is 6.20 Å². The Hall–Kier alpha value is -1.48. The van der Waals surface area contributed by atoms with E-state index < -0.39 is 0 Å². The Kier molecular flexibility index (Phi) is 5.07. The Balaban J connectivity index is 2.02. The van der Waals surface area contributed by atoms with Crippen LogP contribution in [0.15, 0.2) is 30.5 Å². The van der Waals surface area contributed by atoms with Gasteiger partial charge in [-0.2, -0.15) is 5.10 Å². The molecule has 1 heterocycles. The summed E-state index contributed by atoms with van der Waals surface area (Å²) in [6, 6.07) is 8.54. The van der Waals surface area contributed by atoms with E-state index in [1.165, 1.54) is 5.56 Å². The molecule has 0 saturated carbocycles. The fraction of sp³-hybridized carbons (Fsp3) is 0.438. The Morgan fingerprint density at radius 1 is 1.25 bits per heavy atom. The van der Waals surface area contributed by atoms with Crippen LogP contribution in [0.2, 0.25) is 5.02 Å². The van der Waals surface area contributed by atoms with Crippen LogP contribution in [-0.2, 0) is 6.54 Å². The van der Waals surface area contributed by atoms with Crippen LogP contribution in [0.1, 0.15) is 44.0 Å². The maximum atomic E-state index is 6.17. The summed E-state index contributed by atoms with van der Waals surface area (Å²) in [4.78, 5) is 0. The van der Waals surface area contributed by atoms with Gasteiger partial charge in [0.05, 0.1) is 29.0 Å². The summed E-state index contributed by atoms with van der Waals surface area (Å²) >= 11 is 6.17. The van der Waals surface area contributed by atoms with Crippen LogP contribution in [0.25, 0.3) is 0 Å². The van der Waals surface area contributed by atoms with E-state index in [4.69, 9.17) is 11.6 Å². The Morgan fingerprint density at radius 3 is 2.70 bits per heavy atom.